The number of allylic oxidation sites excluding steroid dienone is 1. The van der Waals surface area contributed by atoms with Crippen molar-refractivity contribution in [2.45, 2.75) is 37.4 Å². The Bertz CT molecular complexity index is 1840. The molecule has 0 amide bonds. The molecule has 2 aliphatic rings. The van der Waals surface area contributed by atoms with E-state index < -0.39 is 33.5 Å². The highest BCUT2D eigenvalue weighted by Gasteiger charge is 2.50. The van der Waals surface area contributed by atoms with Gasteiger partial charge in [0.2, 0.25) is 10.0 Å². The normalized spacial score (nSPS) is 19.0. The largest absolute Gasteiger partial charge is 0.496 e. The van der Waals surface area contributed by atoms with Gasteiger partial charge in [-0.3, -0.25) is 0 Å². The summed E-state index contributed by atoms with van der Waals surface area (Å²) in [5, 5.41) is 0.513. The van der Waals surface area contributed by atoms with Crippen LogP contribution in [-0.2, 0) is 21.3 Å². The lowest BCUT2D eigenvalue weighted by Gasteiger charge is -2.29. The number of aromatic nitrogens is 3. The van der Waals surface area contributed by atoms with Crippen LogP contribution in [0.1, 0.15) is 30.1 Å². The summed E-state index contributed by atoms with van der Waals surface area (Å²) in [4.78, 5) is 27.6. The number of hydrogen-bond donors (Lipinski definition) is 0. The molecule has 0 N–H and O–H groups in total. The van der Waals surface area contributed by atoms with Gasteiger partial charge < -0.3 is 4.74 Å². The molecule has 0 radical (unpaired) electrons. The van der Waals surface area contributed by atoms with E-state index >= 15 is 0 Å². The average Bonchev–Trinajstić information content (AvgIpc) is 3.46. The standard InChI is InChI=1S/C29H27ClN4O5S/c1-3-39-25-18-31-28(35)33(22-7-5-4-6-8-22)29(36)34(31)24-17-32(40(37,38)23-15-9-19(2)10-16-23)27(26(24)25)20-11-13-21(30)14-12-20/h4-16,24,27H,3,17-18H2,1-2H3. The highest BCUT2D eigenvalue weighted by atomic mass is 35.5. The Labute approximate surface area is 236 Å². The second kappa shape index (κ2) is 9.96. The highest BCUT2D eigenvalue weighted by molar-refractivity contribution is 7.89. The van der Waals surface area contributed by atoms with Crippen molar-refractivity contribution < 1.29 is 13.2 Å². The summed E-state index contributed by atoms with van der Waals surface area (Å²) in [5.74, 6) is 0.473. The highest BCUT2D eigenvalue weighted by Crippen LogP contribution is 2.48. The summed E-state index contributed by atoms with van der Waals surface area (Å²) in [6, 6.07) is 20.8. The first-order chi connectivity index (χ1) is 19.2. The van der Waals surface area contributed by atoms with E-state index in [-0.39, 0.29) is 18.0 Å². The van der Waals surface area contributed by atoms with Gasteiger partial charge in [-0.05, 0) is 55.8 Å². The van der Waals surface area contributed by atoms with Crippen molar-refractivity contribution in [3.05, 3.63) is 127 Å². The lowest BCUT2D eigenvalue weighted by atomic mass is 9.95. The van der Waals surface area contributed by atoms with Crippen LogP contribution in [-0.4, -0.2) is 39.8 Å². The predicted molar refractivity (Wildman–Crippen MR) is 151 cm³/mol. The first kappa shape index (κ1) is 26.4. The number of sulfonamides is 1. The Balaban J connectivity index is 1.59. The molecule has 0 aliphatic carbocycles. The monoisotopic (exact) mass is 578 g/mol. The van der Waals surface area contributed by atoms with E-state index in [1.807, 2.05) is 13.8 Å². The van der Waals surface area contributed by atoms with Crippen LogP contribution in [0.3, 0.4) is 0 Å². The van der Waals surface area contributed by atoms with Crippen molar-refractivity contribution >= 4 is 21.6 Å². The molecule has 2 aliphatic heterocycles. The number of benzene rings is 3. The zero-order valence-electron chi connectivity index (χ0n) is 21.9. The van der Waals surface area contributed by atoms with Crippen molar-refractivity contribution in [2.75, 3.05) is 13.2 Å². The molecule has 40 heavy (non-hydrogen) atoms. The molecule has 0 bridgehead atoms. The Hall–Kier alpha value is -3.86. The second-order valence-electron chi connectivity index (χ2n) is 9.81. The van der Waals surface area contributed by atoms with Crippen molar-refractivity contribution in [1.29, 1.82) is 0 Å². The van der Waals surface area contributed by atoms with E-state index in [1.165, 1.54) is 13.7 Å². The summed E-state index contributed by atoms with van der Waals surface area (Å²) < 4.78 is 39.6. The molecule has 1 saturated heterocycles. The van der Waals surface area contributed by atoms with E-state index in [1.54, 1.807) is 78.9 Å². The molecule has 3 heterocycles. The topological polar surface area (TPSA) is 95.5 Å². The maximum atomic E-state index is 14.2. The van der Waals surface area contributed by atoms with Gasteiger partial charge in [-0.25, -0.2) is 31.9 Å². The van der Waals surface area contributed by atoms with Gasteiger partial charge in [0.1, 0.15) is 12.3 Å². The van der Waals surface area contributed by atoms with Gasteiger partial charge in [-0.15, -0.1) is 0 Å². The van der Waals surface area contributed by atoms with E-state index in [0.717, 1.165) is 10.1 Å². The van der Waals surface area contributed by atoms with Crippen LogP contribution in [0.5, 0.6) is 0 Å². The minimum atomic E-state index is -4.03. The van der Waals surface area contributed by atoms with Crippen LogP contribution in [0.2, 0.25) is 5.02 Å². The van der Waals surface area contributed by atoms with Crippen LogP contribution < -0.4 is 11.4 Å². The SMILES string of the molecule is CCOC1=C2C(c3ccc(Cl)cc3)N(S(=O)(=O)c3ccc(C)cc3)CC2n2c(=O)n(-c3ccccc3)c(=O)n2C1. The Morgan fingerprint density at radius 3 is 2.25 bits per heavy atom. The predicted octanol–water partition coefficient (Wildman–Crippen LogP) is 4.05. The molecule has 0 saturated carbocycles. The Morgan fingerprint density at radius 1 is 0.925 bits per heavy atom. The van der Waals surface area contributed by atoms with Gasteiger partial charge >= 0.3 is 11.4 Å². The van der Waals surface area contributed by atoms with Gasteiger partial charge in [0, 0.05) is 17.1 Å². The van der Waals surface area contributed by atoms with Gasteiger partial charge in [-0.1, -0.05) is 59.6 Å². The zero-order valence-corrected chi connectivity index (χ0v) is 23.5. The number of nitrogens with zero attached hydrogens (tertiary/aromatic N) is 4. The van der Waals surface area contributed by atoms with E-state index in [0.29, 0.717) is 34.2 Å². The molecule has 206 valence electrons. The van der Waals surface area contributed by atoms with Gasteiger partial charge in [0.15, 0.2) is 0 Å². The van der Waals surface area contributed by atoms with Crippen molar-refractivity contribution in [3.63, 3.8) is 0 Å². The summed E-state index contributed by atoms with van der Waals surface area (Å²) in [7, 11) is -4.03. The van der Waals surface area contributed by atoms with Crippen LogP contribution in [0, 0.1) is 6.92 Å². The molecule has 1 aromatic heterocycles. The molecule has 3 aromatic carbocycles. The minimum Gasteiger partial charge on any atom is -0.496 e. The summed E-state index contributed by atoms with van der Waals surface area (Å²) in [5.41, 5.74) is 1.62. The van der Waals surface area contributed by atoms with E-state index in [4.69, 9.17) is 16.3 Å². The van der Waals surface area contributed by atoms with E-state index in [2.05, 4.69) is 0 Å². The maximum Gasteiger partial charge on any atom is 0.352 e. The number of fused-ring (bicyclic) bond motifs is 3. The van der Waals surface area contributed by atoms with Gasteiger partial charge in [0.05, 0.1) is 29.3 Å². The number of halogens is 1. The molecule has 2 atom stereocenters. The molecule has 9 nitrogen and oxygen atoms in total. The maximum absolute atomic E-state index is 14.2. The molecule has 4 aromatic rings. The van der Waals surface area contributed by atoms with Crippen molar-refractivity contribution in [1.82, 2.24) is 18.2 Å². The molecule has 2 unspecified atom stereocenters. The number of para-hydroxylation sites is 1. The fraction of sp³-hybridized carbons (Fsp3) is 0.241. The van der Waals surface area contributed by atoms with Crippen LogP contribution in [0.15, 0.2) is 105 Å². The third kappa shape index (κ3) is 4.14. The third-order valence-electron chi connectivity index (χ3n) is 7.41. The van der Waals surface area contributed by atoms with Crippen LogP contribution in [0.25, 0.3) is 5.69 Å². The zero-order chi connectivity index (χ0) is 28.2. The number of aryl methyl sites for hydroxylation is 1. The molecule has 0 spiro atoms. The number of hydrogen-bond acceptors (Lipinski definition) is 5. The van der Waals surface area contributed by atoms with Crippen LogP contribution in [0.4, 0.5) is 0 Å². The summed E-state index contributed by atoms with van der Waals surface area (Å²) in [6.07, 6.45) is 0. The van der Waals surface area contributed by atoms with Crippen LogP contribution >= 0.6 is 11.6 Å². The molecule has 6 rings (SSSR count). The fourth-order valence-electron chi connectivity index (χ4n) is 5.60. The summed E-state index contributed by atoms with van der Waals surface area (Å²) >= 11 is 6.18. The Kier molecular flexibility index (Phi) is 6.56. The Morgan fingerprint density at radius 2 is 1.60 bits per heavy atom. The molecule has 1 fully saturated rings. The first-order valence-corrected chi connectivity index (χ1v) is 14.7. The minimum absolute atomic E-state index is 0.00388. The van der Waals surface area contributed by atoms with Gasteiger partial charge in [-0.2, -0.15) is 4.31 Å². The lowest BCUT2D eigenvalue weighted by molar-refractivity contribution is 0.183. The first-order valence-electron chi connectivity index (χ1n) is 12.9. The van der Waals surface area contributed by atoms with E-state index in [9.17, 15) is 18.0 Å². The molecule has 11 heteroatoms. The van der Waals surface area contributed by atoms with Crippen molar-refractivity contribution in [2.24, 2.45) is 0 Å². The third-order valence-corrected chi connectivity index (χ3v) is 9.51. The van der Waals surface area contributed by atoms with Crippen molar-refractivity contribution in [3.8, 4) is 5.69 Å². The summed E-state index contributed by atoms with van der Waals surface area (Å²) in [6.45, 7) is 3.96. The quantitative estimate of drug-likeness (QED) is 0.344. The molecular formula is C29H27ClN4O5S. The average molecular weight is 579 g/mol. The second-order valence-corrected chi connectivity index (χ2v) is 12.1. The van der Waals surface area contributed by atoms with Gasteiger partial charge in [0.25, 0.3) is 0 Å². The number of ether oxygens (including phenoxy) is 1. The number of rotatable bonds is 6. The smallest absolute Gasteiger partial charge is 0.352 e. The lowest BCUT2D eigenvalue weighted by Crippen LogP contribution is -2.37. The fourth-order valence-corrected chi connectivity index (χ4v) is 7.33. The molecular weight excluding hydrogens is 552 g/mol.